The summed E-state index contributed by atoms with van der Waals surface area (Å²) in [6, 6.07) is 10.2. The van der Waals surface area contributed by atoms with Crippen LogP contribution in [0.4, 0.5) is 0 Å². The Labute approximate surface area is 129 Å². The van der Waals surface area contributed by atoms with Gasteiger partial charge in [0.15, 0.2) is 0 Å². The van der Waals surface area contributed by atoms with Gasteiger partial charge in [-0.3, -0.25) is 4.90 Å². The fraction of sp³-hybridized carbons (Fsp3) is 0.471. The van der Waals surface area contributed by atoms with Crippen LogP contribution in [-0.4, -0.2) is 34.2 Å². The maximum absolute atomic E-state index is 10.0. The predicted octanol–water partition coefficient (Wildman–Crippen LogP) is 3.09. The fourth-order valence-corrected chi connectivity index (χ4v) is 4.15. The first kappa shape index (κ1) is 13.5. The molecular formula is C17H19ClN2O. The Hall–Kier alpha value is -1.16. The minimum Gasteiger partial charge on any atom is -0.393 e. The summed E-state index contributed by atoms with van der Waals surface area (Å²) in [5.41, 5.74) is 2.03. The minimum absolute atomic E-state index is 0.106. The van der Waals surface area contributed by atoms with Gasteiger partial charge in [0.25, 0.3) is 0 Å². The summed E-state index contributed by atoms with van der Waals surface area (Å²) in [6.07, 6.45) is 2.03. The molecule has 2 heterocycles. The number of likely N-dealkylation sites (tertiary alicyclic amines) is 1. The van der Waals surface area contributed by atoms with E-state index in [1.54, 1.807) is 0 Å². The van der Waals surface area contributed by atoms with Crippen molar-refractivity contribution in [3.05, 3.63) is 41.0 Å². The second kappa shape index (κ2) is 5.24. The maximum Gasteiger partial charge on any atom is 0.134 e. The van der Waals surface area contributed by atoms with Gasteiger partial charge in [-0.15, -0.1) is 0 Å². The number of aromatic nitrogens is 1. The van der Waals surface area contributed by atoms with E-state index in [0.717, 1.165) is 48.9 Å². The van der Waals surface area contributed by atoms with Crippen molar-refractivity contribution in [1.29, 1.82) is 0 Å². The van der Waals surface area contributed by atoms with Crippen molar-refractivity contribution < 1.29 is 5.11 Å². The van der Waals surface area contributed by atoms with E-state index in [-0.39, 0.29) is 6.10 Å². The average Bonchev–Trinajstić information content (AvgIpc) is 3.02. The van der Waals surface area contributed by atoms with Crippen LogP contribution < -0.4 is 0 Å². The standard InChI is InChI=1S/C17H19ClN2O/c18-17-13(7-11-3-1-2-4-15(11)19-17)9-20-8-12-5-6-16(21)14(12)10-20/h1-4,7,12,14,16,21H,5-6,8-10H2. The number of pyridine rings is 1. The van der Waals surface area contributed by atoms with Crippen LogP contribution in [0.3, 0.4) is 0 Å². The molecule has 1 aliphatic carbocycles. The van der Waals surface area contributed by atoms with Gasteiger partial charge in [-0.1, -0.05) is 29.8 Å². The summed E-state index contributed by atoms with van der Waals surface area (Å²) in [4.78, 5) is 6.91. The fourth-order valence-electron chi connectivity index (χ4n) is 3.95. The van der Waals surface area contributed by atoms with Crippen molar-refractivity contribution in [1.82, 2.24) is 9.88 Å². The predicted molar refractivity (Wildman–Crippen MR) is 84.3 cm³/mol. The Morgan fingerprint density at radius 3 is 2.95 bits per heavy atom. The summed E-state index contributed by atoms with van der Waals surface area (Å²) >= 11 is 6.34. The number of hydrogen-bond acceptors (Lipinski definition) is 3. The van der Waals surface area contributed by atoms with E-state index in [1.807, 2.05) is 18.2 Å². The zero-order chi connectivity index (χ0) is 14.4. The molecule has 110 valence electrons. The van der Waals surface area contributed by atoms with Crippen LogP contribution >= 0.6 is 11.6 Å². The third kappa shape index (κ3) is 2.44. The summed E-state index contributed by atoms with van der Waals surface area (Å²) in [5, 5.41) is 11.8. The van der Waals surface area contributed by atoms with Crippen LogP contribution in [0.1, 0.15) is 18.4 Å². The Kier molecular flexibility index (Phi) is 3.37. The quantitative estimate of drug-likeness (QED) is 0.866. The van der Waals surface area contributed by atoms with Gasteiger partial charge < -0.3 is 5.11 Å². The third-order valence-corrected chi connectivity index (χ3v) is 5.37. The molecular weight excluding hydrogens is 284 g/mol. The highest BCUT2D eigenvalue weighted by molar-refractivity contribution is 6.30. The number of halogens is 1. The van der Waals surface area contributed by atoms with Crippen molar-refractivity contribution in [3.8, 4) is 0 Å². The zero-order valence-electron chi connectivity index (χ0n) is 11.9. The number of aliphatic hydroxyl groups is 1. The smallest absolute Gasteiger partial charge is 0.134 e. The minimum atomic E-state index is -0.106. The molecule has 1 aromatic heterocycles. The molecule has 1 aromatic carbocycles. The molecule has 2 fully saturated rings. The van der Waals surface area contributed by atoms with Crippen LogP contribution in [0, 0.1) is 11.8 Å². The van der Waals surface area contributed by atoms with Gasteiger partial charge in [0.1, 0.15) is 5.15 Å². The van der Waals surface area contributed by atoms with Gasteiger partial charge in [0.05, 0.1) is 11.6 Å². The molecule has 0 radical (unpaired) electrons. The topological polar surface area (TPSA) is 36.4 Å². The van der Waals surface area contributed by atoms with Gasteiger partial charge in [-0.2, -0.15) is 0 Å². The molecule has 0 bridgehead atoms. The lowest BCUT2D eigenvalue weighted by atomic mass is 10.00. The molecule has 1 aliphatic heterocycles. The number of rotatable bonds is 2. The molecule has 1 N–H and O–H groups in total. The number of hydrogen-bond donors (Lipinski definition) is 1. The van der Waals surface area contributed by atoms with Gasteiger partial charge in [-0.05, 0) is 30.9 Å². The molecule has 4 rings (SSSR count). The molecule has 1 saturated heterocycles. The second-order valence-electron chi connectivity index (χ2n) is 6.39. The molecule has 3 unspecified atom stereocenters. The van der Waals surface area contributed by atoms with E-state index in [9.17, 15) is 5.11 Å². The highest BCUT2D eigenvalue weighted by atomic mass is 35.5. The highest BCUT2D eigenvalue weighted by Gasteiger charge is 2.41. The van der Waals surface area contributed by atoms with Gasteiger partial charge >= 0.3 is 0 Å². The van der Waals surface area contributed by atoms with Crippen LogP contribution in [-0.2, 0) is 6.54 Å². The van der Waals surface area contributed by atoms with Crippen molar-refractivity contribution in [3.63, 3.8) is 0 Å². The molecule has 21 heavy (non-hydrogen) atoms. The lowest BCUT2D eigenvalue weighted by molar-refractivity contribution is 0.123. The molecule has 0 amide bonds. The molecule has 1 saturated carbocycles. The summed E-state index contributed by atoms with van der Waals surface area (Å²) in [5.74, 6) is 1.12. The lowest BCUT2D eigenvalue weighted by Gasteiger charge is -2.18. The van der Waals surface area contributed by atoms with Crippen molar-refractivity contribution in [2.24, 2.45) is 11.8 Å². The molecule has 2 aliphatic rings. The number of benzene rings is 1. The number of para-hydroxylation sites is 1. The summed E-state index contributed by atoms with van der Waals surface area (Å²) in [7, 11) is 0. The Balaban J connectivity index is 1.56. The molecule has 2 aromatic rings. The zero-order valence-corrected chi connectivity index (χ0v) is 12.6. The Morgan fingerprint density at radius 2 is 2.10 bits per heavy atom. The molecule has 4 heteroatoms. The highest BCUT2D eigenvalue weighted by Crippen LogP contribution is 2.38. The van der Waals surface area contributed by atoms with E-state index in [1.165, 1.54) is 0 Å². The Bertz CT molecular complexity index is 675. The monoisotopic (exact) mass is 302 g/mol. The van der Waals surface area contributed by atoms with Crippen LogP contribution in [0.15, 0.2) is 30.3 Å². The van der Waals surface area contributed by atoms with Gasteiger partial charge in [-0.25, -0.2) is 4.98 Å². The first-order valence-electron chi connectivity index (χ1n) is 7.65. The third-order valence-electron chi connectivity index (χ3n) is 5.04. The van der Waals surface area contributed by atoms with Crippen LogP contribution in [0.25, 0.3) is 10.9 Å². The number of fused-ring (bicyclic) bond motifs is 2. The molecule has 3 nitrogen and oxygen atoms in total. The van der Waals surface area contributed by atoms with Crippen LogP contribution in [0.2, 0.25) is 5.15 Å². The maximum atomic E-state index is 10.0. The summed E-state index contributed by atoms with van der Waals surface area (Å²) in [6.45, 7) is 2.89. The van der Waals surface area contributed by atoms with Crippen molar-refractivity contribution >= 4 is 22.5 Å². The van der Waals surface area contributed by atoms with E-state index in [0.29, 0.717) is 17.0 Å². The van der Waals surface area contributed by atoms with E-state index in [2.05, 4.69) is 22.0 Å². The summed E-state index contributed by atoms with van der Waals surface area (Å²) < 4.78 is 0. The first-order chi connectivity index (χ1) is 10.2. The largest absolute Gasteiger partial charge is 0.393 e. The average molecular weight is 303 g/mol. The number of aliphatic hydroxyl groups excluding tert-OH is 1. The van der Waals surface area contributed by atoms with E-state index in [4.69, 9.17) is 11.6 Å². The van der Waals surface area contributed by atoms with Crippen molar-refractivity contribution in [2.45, 2.75) is 25.5 Å². The lowest BCUT2D eigenvalue weighted by Crippen LogP contribution is -2.24. The second-order valence-corrected chi connectivity index (χ2v) is 6.75. The normalized spacial score (nSPS) is 29.1. The van der Waals surface area contributed by atoms with E-state index < -0.39 is 0 Å². The van der Waals surface area contributed by atoms with Gasteiger partial charge in [0.2, 0.25) is 0 Å². The Morgan fingerprint density at radius 1 is 1.24 bits per heavy atom. The molecule has 0 spiro atoms. The van der Waals surface area contributed by atoms with Gasteiger partial charge in [0, 0.05) is 36.5 Å². The van der Waals surface area contributed by atoms with E-state index >= 15 is 0 Å². The first-order valence-corrected chi connectivity index (χ1v) is 8.03. The molecule has 3 atom stereocenters. The number of nitrogens with zero attached hydrogens (tertiary/aromatic N) is 2. The SMILES string of the molecule is OC1CCC2CN(Cc3cc4ccccc4nc3Cl)CC12. The van der Waals surface area contributed by atoms with Crippen LogP contribution in [0.5, 0.6) is 0 Å². The van der Waals surface area contributed by atoms with Crippen molar-refractivity contribution in [2.75, 3.05) is 13.1 Å².